The fourth-order valence-corrected chi connectivity index (χ4v) is 3.71. The summed E-state index contributed by atoms with van der Waals surface area (Å²) in [6, 6.07) is 17.1. The summed E-state index contributed by atoms with van der Waals surface area (Å²) in [5.41, 5.74) is 5.86. The zero-order valence-electron chi connectivity index (χ0n) is 18.2. The van der Waals surface area contributed by atoms with Gasteiger partial charge >= 0.3 is 0 Å². The SMILES string of the molecule is CC(C)C[C@H](N)C(=O)C(O)(c1ccccc1)[C@H](C)NC(=O)CCCc1ccccc1. The zero-order chi connectivity index (χ0) is 22.1. The van der Waals surface area contributed by atoms with E-state index < -0.39 is 23.5 Å². The number of aliphatic hydroxyl groups is 1. The van der Waals surface area contributed by atoms with E-state index in [4.69, 9.17) is 5.73 Å². The topological polar surface area (TPSA) is 92.4 Å². The van der Waals surface area contributed by atoms with Crippen LogP contribution in [0.25, 0.3) is 0 Å². The second kappa shape index (κ2) is 11.0. The van der Waals surface area contributed by atoms with Crippen LogP contribution in [0.5, 0.6) is 0 Å². The molecule has 4 N–H and O–H groups in total. The van der Waals surface area contributed by atoms with Gasteiger partial charge in [-0.2, -0.15) is 0 Å². The van der Waals surface area contributed by atoms with Gasteiger partial charge in [-0.15, -0.1) is 0 Å². The van der Waals surface area contributed by atoms with E-state index in [0.717, 1.165) is 6.42 Å². The molecule has 0 bridgehead atoms. The van der Waals surface area contributed by atoms with Crippen LogP contribution in [0.1, 0.15) is 51.2 Å². The Balaban J connectivity index is 2.09. The predicted molar refractivity (Wildman–Crippen MR) is 120 cm³/mol. The van der Waals surface area contributed by atoms with E-state index in [0.29, 0.717) is 24.8 Å². The maximum Gasteiger partial charge on any atom is 0.220 e. The summed E-state index contributed by atoms with van der Waals surface area (Å²) < 4.78 is 0. The Morgan fingerprint density at radius 2 is 1.57 bits per heavy atom. The van der Waals surface area contributed by atoms with E-state index in [2.05, 4.69) is 5.32 Å². The van der Waals surface area contributed by atoms with E-state index in [9.17, 15) is 14.7 Å². The van der Waals surface area contributed by atoms with Gasteiger partial charge in [-0.1, -0.05) is 74.5 Å². The molecular weight excluding hydrogens is 376 g/mol. The molecule has 0 aliphatic rings. The summed E-state index contributed by atoms with van der Waals surface area (Å²) in [5.74, 6) is -0.454. The van der Waals surface area contributed by atoms with Crippen molar-refractivity contribution in [2.75, 3.05) is 0 Å². The van der Waals surface area contributed by atoms with E-state index in [1.807, 2.05) is 50.2 Å². The van der Waals surface area contributed by atoms with Crippen molar-refractivity contribution >= 4 is 11.7 Å². The molecule has 2 rings (SSSR count). The highest BCUT2D eigenvalue weighted by molar-refractivity contribution is 5.94. The van der Waals surface area contributed by atoms with Crippen LogP contribution in [0.4, 0.5) is 0 Å². The number of rotatable bonds is 11. The van der Waals surface area contributed by atoms with Crippen molar-refractivity contribution in [3.8, 4) is 0 Å². The largest absolute Gasteiger partial charge is 0.375 e. The van der Waals surface area contributed by atoms with Crippen LogP contribution in [-0.4, -0.2) is 28.9 Å². The molecule has 0 saturated carbocycles. The average molecular weight is 411 g/mol. The number of benzene rings is 2. The summed E-state index contributed by atoms with van der Waals surface area (Å²) in [6.45, 7) is 5.61. The molecule has 5 nitrogen and oxygen atoms in total. The number of nitrogens with two attached hydrogens (primary N) is 1. The molecule has 0 aliphatic carbocycles. The van der Waals surface area contributed by atoms with Gasteiger partial charge in [0.05, 0.1) is 12.1 Å². The minimum absolute atomic E-state index is 0.196. The molecule has 162 valence electrons. The molecule has 0 fully saturated rings. The number of amides is 1. The Kier molecular flexibility index (Phi) is 8.75. The zero-order valence-corrected chi connectivity index (χ0v) is 18.2. The highest BCUT2D eigenvalue weighted by atomic mass is 16.3. The number of hydrogen-bond donors (Lipinski definition) is 3. The first-order valence-electron chi connectivity index (χ1n) is 10.7. The summed E-state index contributed by atoms with van der Waals surface area (Å²) >= 11 is 0. The summed E-state index contributed by atoms with van der Waals surface area (Å²) in [7, 11) is 0. The van der Waals surface area contributed by atoms with E-state index >= 15 is 0 Å². The maximum absolute atomic E-state index is 13.2. The van der Waals surface area contributed by atoms with Crippen molar-refractivity contribution in [3.63, 3.8) is 0 Å². The highest BCUT2D eigenvalue weighted by Crippen LogP contribution is 2.29. The van der Waals surface area contributed by atoms with E-state index in [-0.39, 0.29) is 11.8 Å². The van der Waals surface area contributed by atoms with Crippen LogP contribution in [0.15, 0.2) is 60.7 Å². The number of nitrogens with one attached hydrogen (secondary N) is 1. The highest BCUT2D eigenvalue weighted by Gasteiger charge is 2.45. The van der Waals surface area contributed by atoms with Gasteiger partial charge in [-0.3, -0.25) is 9.59 Å². The summed E-state index contributed by atoms with van der Waals surface area (Å²) in [5, 5.41) is 14.3. The Hall–Kier alpha value is -2.50. The van der Waals surface area contributed by atoms with Crippen molar-refractivity contribution in [1.82, 2.24) is 5.32 Å². The molecule has 30 heavy (non-hydrogen) atoms. The lowest BCUT2D eigenvalue weighted by Crippen LogP contribution is -2.58. The number of Topliss-reactive ketones (excluding diaryl/α,β-unsaturated/α-hetero) is 1. The molecule has 0 saturated heterocycles. The van der Waals surface area contributed by atoms with Gasteiger partial charge in [0.1, 0.15) is 0 Å². The van der Waals surface area contributed by atoms with Gasteiger partial charge in [-0.25, -0.2) is 0 Å². The van der Waals surface area contributed by atoms with E-state index in [1.165, 1.54) is 5.56 Å². The van der Waals surface area contributed by atoms with Gasteiger partial charge in [0.25, 0.3) is 0 Å². The Labute approximate surface area is 179 Å². The molecule has 0 aliphatic heterocycles. The number of carbonyl (C=O) groups excluding carboxylic acids is 2. The van der Waals surface area contributed by atoms with Crippen LogP contribution in [0, 0.1) is 5.92 Å². The van der Waals surface area contributed by atoms with Crippen molar-refractivity contribution in [3.05, 3.63) is 71.8 Å². The van der Waals surface area contributed by atoms with Crippen LogP contribution in [-0.2, 0) is 21.6 Å². The molecule has 2 aromatic carbocycles. The van der Waals surface area contributed by atoms with Crippen LogP contribution >= 0.6 is 0 Å². The van der Waals surface area contributed by atoms with Gasteiger partial charge in [0, 0.05) is 6.42 Å². The Bertz CT molecular complexity index is 808. The predicted octanol–water partition coefficient (Wildman–Crippen LogP) is 3.34. The molecule has 3 atom stereocenters. The summed E-state index contributed by atoms with van der Waals surface area (Å²) in [6.07, 6.45) is 2.26. The van der Waals surface area contributed by atoms with Gasteiger partial charge in [0.2, 0.25) is 5.91 Å². The lowest BCUT2D eigenvalue weighted by molar-refractivity contribution is -0.144. The smallest absolute Gasteiger partial charge is 0.220 e. The van der Waals surface area contributed by atoms with E-state index in [1.54, 1.807) is 31.2 Å². The second-order valence-corrected chi connectivity index (χ2v) is 8.36. The molecule has 0 radical (unpaired) electrons. The molecule has 0 aromatic heterocycles. The molecule has 1 amide bonds. The third-order valence-corrected chi connectivity index (χ3v) is 5.37. The normalized spacial score (nSPS) is 15.3. The Morgan fingerprint density at radius 3 is 2.13 bits per heavy atom. The lowest BCUT2D eigenvalue weighted by Gasteiger charge is -2.36. The number of hydrogen-bond acceptors (Lipinski definition) is 4. The van der Waals surface area contributed by atoms with Crippen molar-refractivity contribution < 1.29 is 14.7 Å². The minimum Gasteiger partial charge on any atom is -0.375 e. The third kappa shape index (κ3) is 6.25. The quantitative estimate of drug-likeness (QED) is 0.530. The maximum atomic E-state index is 13.2. The first-order chi connectivity index (χ1) is 14.2. The Morgan fingerprint density at radius 1 is 1.00 bits per heavy atom. The van der Waals surface area contributed by atoms with Crippen molar-refractivity contribution in [2.24, 2.45) is 11.7 Å². The van der Waals surface area contributed by atoms with Crippen molar-refractivity contribution in [1.29, 1.82) is 0 Å². The molecule has 5 heteroatoms. The third-order valence-electron chi connectivity index (χ3n) is 5.37. The monoisotopic (exact) mass is 410 g/mol. The summed E-state index contributed by atoms with van der Waals surface area (Å²) in [4.78, 5) is 25.7. The van der Waals surface area contributed by atoms with Gasteiger partial charge < -0.3 is 16.2 Å². The van der Waals surface area contributed by atoms with Crippen LogP contribution < -0.4 is 11.1 Å². The first-order valence-corrected chi connectivity index (χ1v) is 10.7. The van der Waals surface area contributed by atoms with Gasteiger partial charge in [0.15, 0.2) is 11.4 Å². The fourth-order valence-electron chi connectivity index (χ4n) is 3.71. The van der Waals surface area contributed by atoms with Crippen LogP contribution in [0.3, 0.4) is 0 Å². The van der Waals surface area contributed by atoms with Crippen LogP contribution in [0.2, 0.25) is 0 Å². The van der Waals surface area contributed by atoms with Gasteiger partial charge in [-0.05, 0) is 43.2 Å². The number of ketones is 1. The number of carbonyl (C=O) groups is 2. The first kappa shape index (κ1) is 23.8. The molecular formula is C25H34N2O3. The molecule has 2 aromatic rings. The average Bonchev–Trinajstić information content (AvgIpc) is 2.73. The fraction of sp³-hybridized carbons (Fsp3) is 0.440. The molecule has 0 heterocycles. The second-order valence-electron chi connectivity index (χ2n) is 8.36. The standard InChI is InChI=1S/C25H34N2O3/c1-18(2)17-22(26)24(29)25(30,21-14-8-5-9-15-21)19(3)27-23(28)16-10-13-20-11-6-4-7-12-20/h4-9,11-12,14-15,18-19,22,30H,10,13,16-17,26H2,1-3H3,(H,27,28)/t19-,22-,25?/m0/s1. The number of aryl methyl sites for hydroxylation is 1. The van der Waals surface area contributed by atoms with Crippen molar-refractivity contribution in [2.45, 2.75) is 64.1 Å². The molecule has 1 unspecified atom stereocenters. The minimum atomic E-state index is -1.88. The molecule has 0 spiro atoms. The lowest BCUT2D eigenvalue weighted by atomic mass is 9.79.